The van der Waals surface area contributed by atoms with Gasteiger partial charge >= 0.3 is 0 Å². The van der Waals surface area contributed by atoms with Gasteiger partial charge in [0.15, 0.2) is 0 Å². The number of nitro benzene ring substituents is 1. The van der Waals surface area contributed by atoms with E-state index in [4.69, 9.17) is 56.8 Å². The van der Waals surface area contributed by atoms with Gasteiger partial charge in [0, 0.05) is 18.7 Å². The number of rotatable bonds is 39. The third-order valence-electron chi connectivity index (χ3n) is 6.16. The maximum atomic E-state index is 10.6. The van der Waals surface area contributed by atoms with Crippen LogP contribution >= 0.6 is 0 Å². The fraction of sp³-hybridized carbons (Fsp3) is 0.818. The largest absolute Gasteiger partial charge is 0.491 e. The molecule has 280 valence electrons. The molecule has 0 heterocycles. The molecule has 0 aliphatic rings. The minimum atomic E-state index is -0.451. The predicted octanol–water partition coefficient (Wildman–Crippen LogP) is 3.35. The molecule has 15 heteroatoms. The molecular formula is C33H59NO14. The van der Waals surface area contributed by atoms with Crippen molar-refractivity contribution in [3.63, 3.8) is 0 Å². The SMILES string of the molecule is CCCCCOCCOCCOCCOCCOCCOCCOCCOCCOCCOCCOCCOc1ccc([N+](=O)[O-])cc1. The van der Waals surface area contributed by atoms with E-state index in [0.29, 0.717) is 151 Å². The average Bonchev–Trinajstić information content (AvgIpc) is 3.09. The molecule has 0 aliphatic heterocycles. The lowest BCUT2D eigenvalue weighted by atomic mass is 10.3. The van der Waals surface area contributed by atoms with Crippen LogP contribution < -0.4 is 4.74 Å². The zero-order valence-corrected chi connectivity index (χ0v) is 28.9. The number of unbranched alkanes of at least 4 members (excludes halogenated alkanes) is 2. The van der Waals surface area contributed by atoms with Crippen molar-refractivity contribution in [1.29, 1.82) is 0 Å². The van der Waals surface area contributed by atoms with Crippen LogP contribution in [0.1, 0.15) is 26.2 Å². The third kappa shape index (κ3) is 31.3. The van der Waals surface area contributed by atoms with Gasteiger partial charge < -0.3 is 56.8 Å². The van der Waals surface area contributed by atoms with E-state index >= 15 is 0 Å². The van der Waals surface area contributed by atoms with Gasteiger partial charge in [-0.05, 0) is 18.6 Å². The summed E-state index contributed by atoms with van der Waals surface area (Å²) in [6.07, 6.45) is 3.53. The summed E-state index contributed by atoms with van der Waals surface area (Å²) >= 11 is 0. The summed E-state index contributed by atoms with van der Waals surface area (Å²) in [4.78, 5) is 10.2. The lowest BCUT2D eigenvalue weighted by Gasteiger charge is -2.09. The first-order valence-electron chi connectivity index (χ1n) is 17.0. The monoisotopic (exact) mass is 693 g/mol. The molecule has 1 rings (SSSR count). The second-order valence-corrected chi connectivity index (χ2v) is 10.0. The van der Waals surface area contributed by atoms with Crippen molar-refractivity contribution < 1.29 is 61.8 Å². The van der Waals surface area contributed by atoms with Gasteiger partial charge in [-0.25, -0.2) is 0 Å². The normalized spacial score (nSPS) is 11.4. The van der Waals surface area contributed by atoms with E-state index in [0.717, 1.165) is 13.0 Å². The summed E-state index contributed by atoms with van der Waals surface area (Å²) in [5, 5.41) is 10.6. The minimum absolute atomic E-state index is 0.0262. The summed E-state index contributed by atoms with van der Waals surface area (Å²) in [6.45, 7) is 13.9. The molecule has 0 N–H and O–H groups in total. The Hall–Kier alpha value is -2.02. The first kappa shape index (κ1) is 44.0. The van der Waals surface area contributed by atoms with E-state index in [-0.39, 0.29) is 5.69 Å². The van der Waals surface area contributed by atoms with E-state index in [1.165, 1.54) is 25.0 Å². The Morgan fingerprint density at radius 3 is 0.958 bits per heavy atom. The summed E-state index contributed by atoms with van der Waals surface area (Å²) in [5.74, 6) is 0.557. The van der Waals surface area contributed by atoms with Crippen molar-refractivity contribution in [2.24, 2.45) is 0 Å². The Balaban J connectivity index is 1.64. The number of non-ortho nitro benzene ring substituents is 1. The zero-order chi connectivity index (χ0) is 34.4. The highest BCUT2D eigenvalue weighted by Gasteiger charge is 2.04. The molecule has 0 saturated carbocycles. The van der Waals surface area contributed by atoms with Crippen LogP contribution in [0.2, 0.25) is 0 Å². The highest BCUT2D eigenvalue weighted by atomic mass is 16.6. The molecule has 1 aromatic rings. The third-order valence-corrected chi connectivity index (χ3v) is 6.16. The van der Waals surface area contributed by atoms with Gasteiger partial charge in [-0.2, -0.15) is 0 Å². The molecule has 0 spiro atoms. The second-order valence-electron chi connectivity index (χ2n) is 10.0. The second kappa shape index (κ2) is 36.3. The molecule has 0 aromatic heterocycles. The summed E-state index contributed by atoms with van der Waals surface area (Å²) in [6, 6.07) is 5.91. The zero-order valence-electron chi connectivity index (χ0n) is 28.9. The van der Waals surface area contributed by atoms with Gasteiger partial charge in [-0.3, -0.25) is 10.1 Å². The Labute approximate surface area is 285 Å². The molecule has 15 nitrogen and oxygen atoms in total. The lowest BCUT2D eigenvalue weighted by molar-refractivity contribution is -0.384. The smallest absolute Gasteiger partial charge is 0.269 e. The van der Waals surface area contributed by atoms with E-state index in [1.54, 1.807) is 12.1 Å². The number of hydrogen-bond acceptors (Lipinski definition) is 14. The summed E-state index contributed by atoms with van der Waals surface area (Å²) < 4.78 is 65.6. The van der Waals surface area contributed by atoms with Crippen LogP contribution in [-0.2, 0) is 52.1 Å². The Bertz CT molecular complexity index is 805. The molecular weight excluding hydrogens is 634 g/mol. The van der Waals surface area contributed by atoms with Gasteiger partial charge in [0.25, 0.3) is 5.69 Å². The molecule has 0 radical (unpaired) electrons. The lowest BCUT2D eigenvalue weighted by Crippen LogP contribution is -2.15. The van der Waals surface area contributed by atoms with Gasteiger partial charge in [0.1, 0.15) is 12.4 Å². The van der Waals surface area contributed by atoms with Crippen molar-refractivity contribution in [2.75, 3.05) is 152 Å². The fourth-order valence-electron chi connectivity index (χ4n) is 3.64. The summed E-state index contributed by atoms with van der Waals surface area (Å²) in [5.41, 5.74) is 0.0262. The van der Waals surface area contributed by atoms with Crippen LogP contribution in [0.25, 0.3) is 0 Å². The number of benzene rings is 1. The molecule has 0 bridgehead atoms. The highest BCUT2D eigenvalue weighted by Crippen LogP contribution is 2.17. The van der Waals surface area contributed by atoms with Gasteiger partial charge in [-0.1, -0.05) is 19.8 Å². The topological polar surface area (TPSA) is 154 Å². The quantitative estimate of drug-likeness (QED) is 0.0563. The van der Waals surface area contributed by atoms with Crippen LogP contribution in [0.3, 0.4) is 0 Å². The van der Waals surface area contributed by atoms with Crippen LogP contribution in [0.5, 0.6) is 5.75 Å². The predicted molar refractivity (Wildman–Crippen MR) is 177 cm³/mol. The molecule has 1 aromatic carbocycles. The average molecular weight is 694 g/mol. The maximum Gasteiger partial charge on any atom is 0.269 e. The van der Waals surface area contributed by atoms with Crippen molar-refractivity contribution in [3.8, 4) is 5.75 Å². The summed E-state index contributed by atoms with van der Waals surface area (Å²) in [7, 11) is 0. The highest BCUT2D eigenvalue weighted by molar-refractivity contribution is 5.35. The molecule has 0 saturated heterocycles. The van der Waals surface area contributed by atoms with Crippen LogP contribution in [-0.4, -0.2) is 157 Å². The fourth-order valence-corrected chi connectivity index (χ4v) is 3.64. The van der Waals surface area contributed by atoms with Crippen LogP contribution in [0.15, 0.2) is 24.3 Å². The molecule has 0 fully saturated rings. The first-order valence-corrected chi connectivity index (χ1v) is 17.0. The van der Waals surface area contributed by atoms with E-state index in [9.17, 15) is 10.1 Å². The van der Waals surface area contributed by atoms with Gasteiger partial charge in [0.2, 0.25) is 0 Å². The Morgan fingerprint density at radius 1 is 0.417 bits per heavy atom. The van der Waals surface area contributed by atoms with Crippen LogP contribution in [0.4, 0.5) is 5.69 Å². The first-order chi connectivity index (χ1) is 23.7. The van der Waals surface area contributed by atoms with E-state index in [1.807, 2.05) is 0 Å². The van der Waals surface area contributed by atoms with Crippen molar-refractivity contribution >= 4 is 5.69 Å². The Morgan fingerprint density at radius 2 is 0.688 bits per heavy atom. The van der Waals surface area contributed by atoms with Crippen molar-refractivity contribution in [2.45, 2.75) is 26.2 Å². The molecule has 0 amide bonds. The Kier molecular flexibility index (Phi) is 33.2. The van der Waals surface area contributed by atoms with E-state index < -0.39 is 4.92 Å². The standard InChI is InChI=1S/C33H59NO14/c1-2-3-4-9-37-10-11-38-12-13-39-14-15-40-16-17-41-18-19-42-20-21-43-22-23-44-24-25-45-26-27-46-28-29-47-30-31-48-33-7-5-32(6-8-33)34(35)36/h5-8H,2-4,9-31H2,1H3. The van der Waals surface area contributed by atoms with Crippen molar-refractivity contribution in [1.82, 2.24) is 0 Å². The molecule has 48 heavy (non-hydrogen) atoms. The molecule has 0 aliphatic carbocycles. The maximum absolute atomic E-state index is 10.6. The number of nitro groups is 1. The van der Waals surface area contributed by atoms with Gasteiger partial charge in [-0.15, -0.1) is 0 Å². The van der Waals surface area contributed by atoms with E-state index in [2.05, 4.69) is 6.92 Å². The molecule has 0 atom stereocenters. The number of ether oxygens (including phenoxy) is 12. The van der Waals surface area contributed by atoms with Crippen LogP contribution in [0, 0.1) is 10.1 Å². The van der Waals surface area contributed by atoms with Crippen molar-refractivity contribution in [3.05, 3.63) is 34.4 Å². The van der Waals surface area contributed by atoms with Gasteiger partial charge in [0.05, 0.1) is 144 Å². The number of hydrogen-bond donors (Lipinski definition) is 0. The minimum Gasteiger partial charge on any atom is -0.491 e. The molecule has 0 unspecified atom stereocenters. The number of nitrogens with zero attached hydrogens (tertiary/aromatic N) is 1.